The predicted molar refractivity (Wildman–Crippen MR) is 134 cm³/mol. The molecule has 170 valence electrons. The maximum atomic E-state index is 6.09. The van der Waals surface area contributed by atoms with Crippen molar-refractivity contribution in [3.05, 3.63) is 40.6 Å². The van der Waals surface area contributed by atoms with E-state index in [4.69, 9.17) is 4.74 Å². The number of unbranched alkanes of at least 4 members (excludes halogenated alkanes) is 7. The van der Waals surface area contributed by atoms with E-state index in [1.54, 1.807) is 0 Å². The molecule has 3 nitrogen and oxygen atoms in total. The van der Waals surface area contributed by atoms with Crippen LogP contribution >= 0.6 is 15.9 Å². The third-order valence-electron chi connectivity index (χ3n) is 6.41. The van der Waals surface area contributed by atoms with Gasteiger partial charge in [-0.25, -0.2) is 9.97 Å². The monoisotopic (exact) mass is 486 g/mol. The summed E-state index contributed by atoms with van der Waals surface area (Å²) in [5, 5.41) is 0. The quantitative estimate of drug-likeness (QED) is 0.266. The molecule has 3 rings (SSSR count). The summed E-state index contributed by atoms with van der Waals surface area (Å²) < 4.78 is 7.07. The molecule has 0 atom stereocenters. The Bertz CT molecular complexity index is 756. The van der Waals surface area contributed by atoms with Crippen molar-refractivity contribution in [2.45, 2.75) is 96.8 Å². The largest absolute Gasteiger partial charge is 0.492 e. The Morgan fingerprint density at radius 2 is 1.58 bits per heavy atom. The van der Waals surface area contributed by atoms with Crippen LogP contribution < -0.4 is 4.74 Å². The molecule has 1 aliphatic carbocycles. The minimum atomic E-state index is 0.706. The zero-order valence-electron chi connectivity index (χ0n) is 19.3. The highest BCUT2D eigenvalue weighted by Crippen LogP contribution is 2.31. The standard InChI is InChI=1S/C27H39BrN2O/c1-2-3-4-5-6-7-8-10-15-23-19-29-27(30-20-23)24-16-17-26(25(28)18-24)31-21-22-13-11-9-12-14-22/h16-20,22H,2-15,21H2,1H3. The Morgan fingerprint density at radius 3 is 2.26 bits per heavy atom. The van der Waals surface area contributed by atoms with Gasteiger partial charge < -0.3 is 4.74 Å². The lowest BCUT2D eigenvalue weighted by molar-refractivity contribution is 0.208. The van der Waals surface area contributed by atoms with Gasteiger partial charge in [0.1, 0.15) is 5.75 Å². The summed E-state index contributed by atoms with van der Waals surface area (Å²) in [6.07, 6.45) is 22.5. The summed E-state index contributed by atoms with van der Waals surface area (Å²) >= 11 is 3.67. The number of halogens is 1. The lowest BCUT2D eigenvalue weighted by Crippen LogP contribution is -2.15. The lowest BCUT2D eigenvalue weighted by Gasteiger charge is -2.22. The molecule has 2 aromatic rings. The van der Waals surface area contributed by atoms with Crippen molar-refractivity contribution in [3.63, 3.8) is 0 Å². The van der Waals surface area contributed by atoms with Crippen LogP contribution in [0.5, 0.6) is 5.75 Å². The van der Waals surface area contributed by atoms with Crippen LogP contribution in [0, 0.1) is 5.92 Å². The van der Waals surface area contributed by atoms with Gasteiger partial charge in [-0.05, 0) is 71.3 Å². The van der Waals surface area contributed by atoms with Crippen molar-refractivity contribution < 1.29 is 4.74 Å². The number of aromatic nitrogens is 2. The molecule has 1 fully saturated rings. The summed E-state index contributed by atoms with van der Waals surface area (Å²) in [4.78, 5) is 9.23. The Labute approximate surface area is 197 Å². The van der Waals surface area contributed by atoms with Gasteiger partial charge in [-0.15, -0.1) is 0 Å². The van der Waals surface area contributed by atoms with Crippen molar-refractivity contribution in [2.75, 3.05) is 6.61 Å². The Balaban J connectivity index is 1.42. The van der Waals surface area contributed by atoms with Gasteiger partial charge in [-0.2, -0.15) is 0 Å². The van der Waals surface area contributed by atoms with E-state index >= 15 is 0 Å². The van der Waals surface area contributed by atoms with E-state index in [0.717, 1.165) is 34.6 Å². The average Bonchev–Trinajstić information content (AvgIpc) is 2.81. The van der Waals surface area contributed by atoms with Gasteiger partial charge >= 0.3 is 0 Å². The van der Waals surface area contributed by atoms with Crippen LogP contribution in [0.4, 0.5) is 0 Å². The van der Waals surface area contributed by atoms with Crippen LogP contribution in [0.25, 0.3) is 11.4 Å². The normalized spacial score (nSPS) is 14.6. The van der Waals surface area contributed by atoms with E-state index in [0.29, 0.717) is 5.92 Å². The summed E-state index contributed by atoms with van der Waals surface area (Å²) in [6.45, 7) is 3.09. The first-order chi connectivity index (χ1) is 15.3. The molecule has 31 heavy (non-hydrogen) atoms. The first-order valence-electron chi connectivity index (χ1n) is 12.5. The van der Waals surface area contributed by atoms with Gasteiger partial charge in [0.25, 0.3) is 0 Å². The van der Waals surface area contributed by atoms with E-state index in [-0.39, 0.29) is 0 Å². The van der Waals surface area contributed by atoms with Crippen LogP contribution in [-0.2, 0) is 6.42 Å². The molecular weight excluding hydrogens is 448 g/mol. The minimum absolute atomic E-state index is 0.706. The van der Waals surface area contributed by atoms with E-state index in [1.807, 2.05) is 18.5 Å². The summed E-state index contributed by atoms with van der Waals surface area (Å²) in [5.41, 5.74) is 2.26. The van der Waals surface area contributed by atoms with E-state index in [1.165, 1.54) is 89.0 Å². The van der Waals surface area contributed by atoms with Crippen molar-refractivity contribution in [1.29, 1.82) is 0 Å². The molecule has 1 aliphatic rings. The fourth-order valence-electron chi connectivity index (χ4n) is 4.41. The zero-order valence-corrected chi connectivity index (χ0v) is 20.8. The SMILES string of the molecule is CCCCCCCCCCc1cnc(-c2ccc(OCC3CCCCC3)c(Br)c2)nc1. The maximum absolute atomic E-state index is 6.09. The second-order valence-corrected chi connectivity index (χ2v) is 9.95. The van der Waals surface area contributed by atoms with Gasteiger partial charge in [-0.3, -0.25) is 0 Å². The van der Waals surface area contributed by atoms with E-state index < -0.39 is 0 Å². The number of hydrogen-bond acceptors (Lipinski definition) is 3. The molecule has 0 aliphatic heterocycles. The molecule has 0 amide bonds. The lowest BCUT2D eigenvalue weighted by atomic mass is 9.90. The fourth-order valence-corrected chi connectivity index (χ4v) is 4.91. The van der Waals surface area contributed by atoms with Crippen LogP contribution in [-0.4, -0.2) is 16.6 Å². The molecule has 0 spiro atoms. The number of ether oxygens (including phenoxy) is 1. The molecule has 0 radical (unpaired) electrons. The van der Waals surface area contributed by atoms with Crippen LogP contribution in [0.1, 0.15) is 96.0 Å². The van der Waals surface area contributed by atoms with Crippen LogP contribution in [0.15, 0.2) is 35.1 Å². The maximum Gasteiger partial charge on any atom is 0.159 e. The third kappa shape index (κ3) is 8.56. The zero-order chi connectivity index (χ0) is 21.7. The summed E-state index contributed by atoms with van der Waals surface area (Å²) in [6, 6.07) is 6.18. The molecule has 1 aromatic carbocycles. The molecule has 0 N–H and O–H groups in total. The number of hydrogen-bond donors (Lipinski definition) is 0. The van der Waals surface area contributed by atoms with Crippen molar-refractivity contribution >= 4 is 15.9 Å². The minimum Gasteiger partial charge on any atom is -0.492 e. The molecular formula is C27H39BrN2O. The van der Waals surface area contributed by atoms with Gasteiger partial charge in [0.15, 0.2) is 5.82 Å². The first kappa shape index (κ1) is 24.2. The molecule has 0 saturated heterocycles. The second kappa shape index (κ2) is 13.9. The first-order valence-corrected chi connectivity index (χ1v) is 13.3. The highest BCUT2D eigenvalue weighted by atomic mass is 79.9. The average molecular weight is 488 g/mol. The summed E-state index contributed by atoms with van der Waals surface area (Å²) in [5.74, 6) is 2.40. The number of aryl methyl sites for hydroxylation is 1. The van der Waals surface area contributed by atoms with Gasteiger partial charge in [-0.1, -0.05) is 71.1 Å². The Morgan fingerprint density at radius 1 is 0.903 bits per heavy atom. The van der Waals surface area contributed by atoms with Gasteiger partial charge in [0, 0.05) is 18.0 Å². The van der Waals surface area contributed by atoms with Gasteiger partial charge in [0.05, 0.1) is 11.1 Å². The topological polar surface area (TPSA) is 35.0 Å². The third-order valence-corrected chi connectivity index (χ3v) is 7.03. The number of nitrogens with zero attached hydrogens (tertiary/aromatic N) is 2. The van der Waals surface area contributed by atoms with Crippen molar-refractivity contribution in [2.24, 2.45) is 5.92 Å². The molecule has 1 saturated carbocycles. The Hall–Kier alpha value is -1.42. The van der Waals surface area contributed by atoms with Crippen LogP contribution in [0.2, 0.25) is 0 Å². The molecule has 1 aromatic heterocycles. The highest BCUT2D eigenvalue weighted by Gasteiger charge is 2.15. The van der Waals surface area contributed by atoms with Crippen LogP contribution in [0.3, 0.4) is 0 Å². The number of benzene rings is 1. The van der Waals surface area contributed by atoms with Crippen molar-refractivity contribution in [1.82, 2.24) is 9.97 Å². The van der Waals surface area contributed by atoms with Crippen molar-refractivity contribution in [3.8, 4) is 17.1 Å². The number of rotatable bonds is 13. The smallest absolute Gasteiger partial charge is 0.159 e. The predicted octanol–water partition coefficient (Wildman–Crippen LogP) is 8.55. The van der Waals surface area contributed by atoms with Gasteiger partial charge in [0.2, 0.25) is 0 Å². The highest BCUT2D eigenvalue weighted by molar-refractivity contribution is 9.10. The second-order valence-electron chi connectivity index (χ2n) is 9.10. The fraction of sp³-hybridized carbons (Fsp3) is 0.630. The molecule has 4 heteroatoms. The molecule has 1 heterocycles. The Kier molecular flexibility index (Phi) is 10.8. The molecule has 0 bridgehead atoms. The van der Waals surface area contributed by atoms with E-state index in [9.17, 15) is 0 Å². The summed E-state index contributed by atoms with van der Waals surface area (Å²) in [7, 11) is 0. The molecule has 0 unspecified atom stereocenters. The van der Waals surface area contributed by atoms with E-state index in [2.05, 4.69) is 45.0 Å².